The Balaban J connectivity index is 1.88. The first-order valence-corrected chi connectivity index (χ1v) is 9.73. The molecule has 2 rings (SSSR count). The van der Waals surface area contributed by atoms with Gasteiger partial charge in [-0.2, -0.15) is 5.48 Å². The minimum Gasteiger partial charge on any atom is -0.445 e. The Bertz CT molecular complexity index is 667. The van der Waals surface area contributed by atoms with Gasteiger partial charge in [0.15, 0.2) is 0 Å². The highest BCUT2D eigenvalue weighted by molar-refractivity contribution is 5.67. The van der Waals surface area contributed by atoms with Crippen LogP contribution in [0.3, 0.4) is 0 Å². The Morgan fingerprint density at radius 3 is 2.32 bits per heavy atom. The first kappa shape index (κ1) is 21.9. The van der Waals surface area contributed by atoms with Gasteiger partial charge < -0.3 is 20.0 Å². The number of hydrogen-bond acceptors (Lipinski definition) is 5. The molecule has 0 saturated heterocycles. The van der Waals surface area contributed by atoms with Gasteiger partial charge in [0.25, 0.3) is 0 Å². The molecule has 6 heteroatoms. The summed E-state index contributed by atoms with van der Waals surface area (Å²) < 4.78 is 5.29. The van der Waals surface area contributed by atoms with Gasteiger partial charge in [0.05, 0.1) is 18.8 Å². The number of benzene rings is 2. The second kappa shape index (κ2) is 12.9. The third kappa shape index (κ3) is 8.52. The summed E-state index contributed by atoms with van der Waals surface area (Å²) in [5.74, 6) is 0. The van der Waals surface area contributed by atoms with Crippen LogP contribution in [0.25, 0.3) is 0 Å². The zero-order valence-electron chi connectivity index (χ0n) is 16.3. The van der Waals surface area contributed by atoms with Crippen molar-refractivity contribution in [3.63, 3.8) is 0 Å². The number of hydrogen-bond donors (Lipinski definition) is 3. The molecule has 0 radical (unpaired) electrons. The lowest BCUT2D eigenvalue weighted by molar-refractivity contribution is 0.00374. The van der Waals surface area contributed by atoms with E-state index in [4.69, 9.17) is 9.57 Å². The lowest BCUT2D eigenvalue weighted by Gasteiger charge is -2.24. The number of alkyl carbamates (subject to hydrolysis) is 1. The molecule has 0 bridgehead atoms. The third-order valence-electron chi connectivity index (χ3n) is 4.27. The van der Waals surface area contributed by atoms with Gasteiger partial charge in [0, 0.05) is 6.54 Å². The van der Waals surface area contributed by atoms with Gasteiger partial charge in [-0.3, -0.25) is 0 Å². The highest BCUT2D eigenvalue weighted by Crippen LogP contribution is 2.08. The van der Waals surface area contributed by atoms with E-state index in [9.17, 15) is 9.90 Å². The van der Waals surface area contributed by atoms with Crippen molar-refractivity contribution in [2.75, 3.05) is 13.2 Å². The van der Waals surface area contributed by atoms with Crippen molar-refractivity contribution in [1.29, 1.82) is 0 Å². The Morgan fingerprint density at radius 1 is 1.04 bits per heavy atom. The van der Waals surface area contributed by atoms with Crippen LogP contribution in [-0.4, -0.2) is 36.5 Å². The van der Waals surface area contributed by atoms with Crippen LogP contribution >= 0.6 is 0 Å². The minimum atomic E-state index is -0.828. The fourth-order valence-corrected chi connectivity index (χ4v) is 2.64. The summed E-state index contributed by atoms with van der Waals surface area (Å²) >= 11 is 0. The van der Waals surface area contributed by atoms with Crippen LogP contribution in [0.2, 0.25) is 0 Å². The van der Waals surface area contributed by atoms with E-state index in [-0.39, 0.29) is 13.2 Å². The van der Waals surface area contributed by atoms with E-state index in [0.717, 1.165) is 24.0 Å². The van der Waals surface area contributed by atoms with Crippen LogP contribution in [0.15, 0.2) is 60.7 Å². The average molecular weight is 386 g/mol. The molecule has 0 heterocycles. The Morgan fingerprint density at radius 2 is 1.68 bits per heavy atom. The van der Waals surface area contributed by atoms with Crippen molar-refractivity contribution in [2.45, 2.75) is 44.9 Å². The molecule has 0 aliphatic carbocycles. The number of nitrogens with one attached hydrogen (secondary N) is 2. The predicted molar refractivity (Wildman–Crippen MR) is 109 cm³/mol. The molecule has 1 amide bonds. The second-order valence-corrected chi connectivity index (χ2v) is 6.62. The summed E-state index contributed by atoms with van der Waals surface area (Å²) in [4.78, 5) is 17.5. The largest absolute Gasteiger partial charge is 0.445 e. The molecule has 152 valence electrons. The monoisotopic (exact) mass is 386 g/mol. The van der Waals surface area contributed by atoms with E-state index in [1.165, 1.54) is 0 Å². The fourth-order valence-electron chi connectivity index (χ4n) is 2.64. The first-order valence-electron chi connectivity index (χ1n) is 9.73. The standard InChI is InChI=1S/C22H30N2O4/c1-2-3-14-28-23-16-21(25)20(15-18-10-6-4-7-11-18)24-22(26)27-17-19-12-8-5-9-13-19/h4-13,20-21,23,25H,2-3,14-17H2,1H3,(H,24,26)/t20-,21+/m0/s1. The number of hydroxylamine groups is 1. The van der Waals surface area contributed by atoms with Crippen molar-refractivity contribution >= 4 is 6.09 Å². The molecule has 28 heavy (non-hydrogen) atoms. The van der Waals surface area contributed by atoms with Crippen molar-refractivity contribution in [3.8, 4) is 0 Å². The van der Waals surface area contributed by atoms with Crippen molar-refractivity contribution < 1.29 is 19.5 Å². The minimum absolute atomic E-state index is 0.180. The van der Waals surface area contributed by atoms with Crippen molar-refractivity contribution in [3.05, 3.63) is 71.8 Å². The molecule has 0 fully saturated rings. The number of unbranched alkanes of at least 4 members (excludes halogenated alkanes) is 1. The Labute approximate surface area is 166 Å². The predicted octanol–water partition coefficient (Wildman–Crippen LogP) is 3.21. The quantitative estimate of drug-likeness (QED) is 0.386. The molecule has 2 atom stereocenters. The summed E-state index contributed by atoms with van der Waals surface area (Å²) in [5, 5.41) is 13.3. The topological polar surface area (TPSA) is 79.8 Å². The molecule has 3 N–H and O–H groups in total. The van der Waals surface area contributed by atoms with E-state index in [1.807, 2.05) is 60.7 Å². The van der Waals surface area contributed by atoms with Crippen LogP contribution in [0.1, 0.15) is 30.9 Å². The van der Waals surface area contributed by atoms with Gasteiger partial charge >= 0.3 is 6.09 Å². The smallest absolute Gasteiger partial charge is 0.407 e. The molecule has 2 aromatic carbocycles. The van der Waals surface area contributed by atoms with Crippen LogP contribution in [0.5, 0.6) is 0 Å². The molecule has 0 saturated carbocycles. The number of ether oxygens (including phenoxy) is 1. The van der Waals surface area contributed by atoms with E-state index in [2.05, 4.69) is 17.7 Å². The molecule has 0 aromatic heterocycles. The number of carbonyl (C=O) groups excluding carboxylic acids is 1. The maximum absolute atomic E-state index is 12.2. The summed E-state index contributed by atoms with van der Waals surface area (Å²) in [6.07, 6.45) is 1.08. The third-order valence-corrected chi connectivity index (χ3v) is 4.27. The lowest BCUT2D eigenvalue weighted by Crippen LogP contribution is -2.48. The summed E-state index contributed by atoms with van der Waals surface area (Å²) in [5.41, 5.74) is 4.70. The van der Waals surface area contributed by atoms with Gasteiger partial charge in [0.1, 0.15) is 6.61 Å². The van der Waals surface area contributed by atoms with Gasteiger partial charge in [0.2, 0.25) is 0 Å². The summed E-state index contributed by atoms with van der Waals surface area (Å²) in [6.45, 7) is 3.05. The SMILES string of the molecule is CCCCONC[C@@H](O)[C@H](Cc1ccccc1)NC(=O)OCc1ccccc1. The van der Waals surface area contributed by atoms with Crippen LogP contribution < -0.4 is 10.8 Å². The maximum atomic E-state index is 12.2. The molecule has 2 aromatic rings. The molecule has 0 unspecified atom stereocenters. The summed E-state index contributed by atoms with van der Waals surface area (Å²) in [6, 6.07) is 18.7. The lowest BCUT2D eigenvalue weighted by atomic mass is 10.0. The first-order chi connectivity index (χ1) is 13.7. The van der Waals surface area contributed by atoms with E-state index >= 15 is 0 Å². The number of rotatable bonds is 12. The molecule has 0 aliphatic heterocycles. The number of aliphatic hydroxyl groups excluding tert-OH is 1. The second-order valence-electron chi connectivity index (χ2n) is 6.62. The number of aliphatic hydroxyl groups is 1. The molecular weight excluding hydrogens is 356 g/mol. The van der Waals surface area contributed by atoms with E-state index in [0.29, 0.717) is 13.0 Å². The van der Waals surface area contributed by atoms with Gasteiger partial charge in [-0.15, -0.1) is 0 Å². The van der Waals surface area contributed by atoms with Crippen LogP contribution in [0, 0.1) is 0 Å². The molecule has 0 aliphatic rings. The van der Waals surface area contributed by atoms with Gasteiger partial charge in [-0.25, -0.2) is 4.79 Å². The zero-order chi connectivity index (χ0) is 20.0. The fraction of sp³-hybridized carbons (Fsp3) is 0.409. The Hall–Kier alpha value is -2.41. The Kier molecular flexibility index (Phi) is 10.1. The summed E-state index contributed by atoms with van der Waals surface area (Å²) in [7, 11) is 0. The highest BCUT2D eigenvalue weighted by atomic mass is 16.6. The number of carbonyl (C=O) groups is 1. The van der Waals surface area contributed by atoms with Crippen LogP contribution in [0.4, 0.5) is 4.79 Å². The van der Waals surface area contributed by atoms with Crippen molar-refractivity contribution in [2.24, 2.45) is 0 Å². The van der Waals surface area contributed by atoms with Crippen LogP contribution in [-0.2, 0) is 22.6 Å². The van der Waals surface area contributed by atoms with E-state index in [1.54, 1.807) is 0 Å². The molecule has 6 nitrogen and oxygen atoms in total. The van der Waals surface area contributed by atoms with E-state index < -0.39 is 18.2 Å². The maximum Gasteiger partial charge on any atom is 0.407 e. The normalized spacial score (nSPS) is 12.9. The highest BCUT2D eigenvalue weighted by Gasteiger charge is 2.22. The van der Waals surface area contributed by atoms with Gasteiger partial charge in [-0.1, -0.05) is 74.0 Å². The molecular formula is C22H30N2O4. The van der Waals surface area contributed by atoms with Crippen molar-refractivity contribution in [1.82, 2.24) is 10.8 Å². The van der Waals surface area contributed by atoms with Gasteiger partial charge in [-0.05, 0) is 24.0 Å². The number of amides is 1. The average Bonchev–Trinajstić information content (AvgIpc) is 2.73. The molecule has 0 spiro atoms. The zero-order valence-corrected chi connectivity index (χ0v) is 16.3.